The topological polar surface area (TPSA) is 24.9 Å². The van der Waals surface area contributed by atoms with Crippen molar-refractivity contribution in [3.63, 3.8) is 0 Å². The summed E-state index contributed by atoms with van der Waals surface area (Å²) in [7, 11) is 0. The maximum Gasteiger partial charge on any atom is 0.109 e. The molecule has 2 rings (SSSR count). The first-order valence-electron chi connectivity index (χ1n) is 4.72. The molecule has 1 atom stereocenters. The predicted molar refractivity (Wildman–Crippen MR) is 66.0 cm³/mol. The van der Waals surface area contributed by atoms with E-state index in [1.165, 1.54) is 23.5 Å². The van der Waals surface area contributed by atoms with Gasteiger partial charge in [-0.3, -0.25) is 0 Å². The van der Waals surface area contributed by atoms with E-state index >= 15 is 0 Å². The van der Waals surface area contributed by atoms with Crippen molar-refractivity contribution in [1.82, 2.24) is 4.98 Å². The van der Waals surface area contributed by atoms with Crippen molar-refractivity contribution in [1.29, 1.82) is 0 Å². The second-order valence-corrected chi connectivity index (χ2v) is 5.44. The maximum absolute atomic E-state index is 4.27. The molecule has 0 aliphatic carbocycles. The fourth-order valence-electron chi connectivity index (χ4n) is 1.52. The average molecular weight is 273 g/mol. The molecule has 0 radical (unpaired) electrons. The van der Waals surface area contributed by atoms with E-state index in [1.807, 2.05) is 18.0 Å². The summed E-state index contributed by atoms with van der Waals surface area (Å²) in [6.45, 7) is 2.06. The van der Waals surface area contributed by atoms with Gasteiger partial charge >= 0.3 is 0 Å². The van der Waals surface area contributed by atoms with Crippen molar-refractivity contribution in [3.8, 4) is 0 Å². The van der Waals surface area contributed by atoms with Gasteiger partial charge in [0.15, 0.2) is 0 Å². The molecule has 0 aromatic carbocycles. The average Bonchev–Trinajstić information content (AvgIpc) is 2.64. The lowest BCUT2D eigenvalue weighted by molar-refractivity contribution is 0.811. The minimum atomic E-state index is 0.627. The van der Waals surface area contributed by atoms with Crippen LogP contribution in [0.15, 0.2) is 16.9 Å². The van der Waals surface area contributed by atoms with E-state index in [2.05, 4.69) is 39.2 Å². The molecule has 14 heavy (non-hydrogen) atoms. The first-order chi connectivity index (χ1) is 6.75. The van der Waals surface area contributed by atoms with Gasteiger partial charge in [-0.25, -0.2) is 4.98 Å². The second-order valence-electron chi connectivity index (χ2n) is 3.54. The third kappa shape index (κ3) is 2.42. The molecular weight excluding hydrogens is 260 g/mol. The molecule has 1 unspecified atom stereocenters. The van der Waals surface area contributed by atoms with Gasteiger partial charge < -0.3 is 5.32 Å². The number of thioether (sulfide) groups is 1. The van der Waals surface area contributed by atoms with Crippen molar-refractivity contribution in [2.45, 2.75) is 19.4 Å². The zero-order chi connectivity index (χ0) is 9.97. The lowest BCUT2D eigenvalue weighted by atomic mass is 10.2. The molecule has 1 saturated heterocycles. The number of anilines is 1. The fraction of sp³-hybridized carbons (Fsp3) is 0.500. The number of aryl methyl sites for hydroxylation is 1. The highest BCUT2D eigenvalue weighted by Crippen LogP contribution is 2.22. The largest absolute Gasteiger partial charge is 0.380 e. The van der Waals surface area contributed by atoms with Gasteiger partial charge in [0.05, 0.1) is 11.9 Å². The summed E-state index contributed by atoms with van der Waals surface area (Å²) in [5, 5.41) is 3.50. The van der Waals surface area contributed by atoms with Crippen LogP contribution in [-0.4, -0.2) is 22.5 Å². The molecule has 2 heterocycles. The van der Waals surface area contributed by atoms with E-state index in [1.54, 1.807) is 0 Å². The smallest absolute Gasteiger partial charge is 0.109 e. The number of nitrogens with zero attached hydrogens (tertiary/aromatic N) is 1. The molecular formula is C10H13BrN2S. The van der Waals surface area contributed by atoms with Crippen LogP contribution >= 0.6 is 27.7 Å². The number of halogens is 1. The fourth-order valence-corrected chi connectivity index (χ4v) is 2.89. The number of hydrogen-bond donors (Lipinski definition) is 1. The maximum atomic E-state index is 4.27. The molecule has 0 bridgehead atoms. The summed E-state index contributed by atoms with van der Waals surface area (Å²) in [6.07, 6.45) is 3.15. The van der Waals surface area contributed by atoms with Crippen molar-refractivity contribution in [3.05, 3.63) is 22.4 Å². The molecule has 1 aliphatic rings. The summed E-state index contributed by atoms with van der Waals surface area (Å²) in [5.74, 6) is 2.50. The van der Waals surface area contributed by atoms with Gasteiger partial charge in [0, 0.05) is 11.8 Å². The minimum Gasteiger partial charge on any atom is -0.380 e. The quantitative estimate of drug-likeness (QED) is 0.838. The highest BCUT2D eigenvalue weighted by molar-refractivity contribution is 9.10. The first kappa shape index (κ1) is 10.3. The Hall–Kier alpha value is -0.220. The minimum absolute atomic E-state index is 0.627. The lowest BCUT2D eigenvalue weighted by Gasteiger charge is -2.13. The van der Waals surface area contributed by atoms with Gasteiger partial charge in [-0.05, 0) is 46.7 Å². The SMILES string of the molecule is Cc1cc(NC2CCSC2)cnc1Br. The van der Waals surface area contributed by atoms with Crippen molar-refractivity contribution in [2.75, 3.05) is 16.8 Å². The van der Waals surface area contributed by atoms with Crippen LogP contribution in [0.4, 0.5) is 5.69 Å². The van der Waals surface area contributed by atoms with E-state index in [9.17, 15) is 0 Å². The molecule has 76 valence electrons. The number of hydrogen-bond acceptors (Lipinski definition) is 3. The third-order valence-electron chi connectivity index (χ3n) is 2.31. The number of pyridine rings is 1. The third-order valence-corrected chi connectivity index (χ3v) is 4.31. The molecule has 1 fully saturated rings. The van der Waals surface area contributed by atoms with Crippen LogP contribution in [0.5, 0.6) is 0 Å². The summed E-state index contributed by atoms with van der Waals surface area (Å²) in [6, 6.07) is 2.77. The Morgan fingerprint density at radius 2 is 2.50 bits per heavy atom. The summed E-state index contributed by atoms with van der Waals surface area (Å²) in [5.41, 5.74) is 2.32. The van der Waals surface area contributed by atoms with Gasteiger partial charge in [0.25, 0.3) is 0 Å². The lowest BCUT2D eigenvalue weighted by Crippen LogP contribution is -2.18. The monoisotopic (exact) mass is 272 g/mol. The van der Waals surface area contributed by atoms with E-state index in [0.29, 0.717) is 6.04 Å². The van der Waals surface area contributed by atoms with Crippen LogP contribution in [0.1, 0.15) is 12.0 Å². The number of aromatic nitrogens is 1. The van der Waals surface area contributed by atoms with Crippen LogP contribution in [0.2, 0.25) is 0 Å². The standard InChI is InChI=1S/C10H13BrN2S/c1-7-4-9(5-12-10(7)11)13-8-2-3-14-6-8/h4-5,8,13H,2-3,6H2,1H3. The summed E-state index contributed by atoms with van der Waals surface area (Å²) in [4.78, 5) is 4.27. The van der Waals surface area contributed by atoms with Crippen molar-refractivity contribution >= 4 is 33.4 Å². The zero-order valence-electron chi connectivity index (χ0n) is 8.09. The second kappa shape index (κ2) is 4.53. The molecule has 1 aromatic rings. The van der Waals surface area contributed by atoms with Crippen molar-refractivity contribution in [2.24, 2.45) is 0 Å². The first-order valence-corrected chi connectivity index (χ1v) is 6.67. The van der Waals surface area contributed by atoms with Gasteiger partial charge in [-0.1, -0.05) is 0 Å². The Bertz CT molecular complexity index is 324. The normalized spacial score (nSPS) is 21.1. The van der Waals surface area contributed by atoms with E-state index in [-0.39, 0.29) is 0 Å². The van der Waals surface area contributed by atoms with Crippen molar-refractivity contribution < 1.29 is 0 Å². The summed E-state index contributed by atoms with van der Waals surface area (Å²) >= 11 is 5.42. The molecule has 0 spiro atoms. The van der Waals surface area contributed by atoms with E-state index < -0.39 is 0 Å². The van der Waals surface area contributed by atoms with Gasteiger partial charge in [0.1, 0.15) is 4.60 Å². The van der Waals surface area contributed by atoms with Crippen LogP contribution in [0.3, 0.4) is 0 Å². The van der Waals surface area contributed by atoms with Crippen LogP contribution in [-0.2, 0) is 0 Å². The number of rotatable bonds is 2. The Kier molecular flexibility index (Phi) is 3.34. The number of nitrogens with one attached hydrogen (secondary N) is 1. The van der Waals surface area contributed by atoms with E-state index in [4.69, 9.17) is 0 Å². The Labute approximate surface area is 97.0 Å². The molecule has 0 amide bonds. The van der Waals surface area contributed by atoms with Crippen LogP contribution in [0, 0.1) is 6.92 Å². The van der Waals surface area contributed by atoms with Gasteiger partial charge in [-0.2, -0.15) is 11.8 Å². The zero-order valence-corrected chi connectivity index (χ0v) is 10.5. The van der Waals surface area contributed by atoms with Gasteiger partial charge in [-0.15, -0.1) is 0 Å². The van der Waals surface area contributed by atoms with Crippen LogP contribution in [0.25, 0.3) is 0 Å². The highest BCUT2D eigenvalue weighted by atomic mass is 79.9. The molecule has 1 N–H and O–H groups in total. The Morgan fingerprint density at radius 3 is 3.14 bits per heavy atom. The predicted octanol–water partition coefficient (Wildman–Crippen LogP) is 3.07. The molecule has 2 nitrogen and oxygen atoms in total. The Balaban J connectivity index is 2.05. The summed E-state index contributed by atoms with van der Waals surface area (Å²) < 4.78 is 0.934. The molecule has 1 aromatic heterocycles. The molecule has 1 aliphatic heterocycles. The molecule has 0 saturated carbocycles. The van der Waals surface area contributed by atoms with Gasteiger partial charge in [0.2, 0.25) is 0 Å². The van der Waals surface area contributed by atoms with Crippen LogP contribution < -0.4 is 5.32 Å². The highest BCUT2D eigenvalue weighted by Gasteiger charge is 2.14. The van der Waals surface area contributed by atoms with E-state index in [0.717, 1.165) is 10.3 Å². The molecule has 4 heteroatoms. The Morgan fingerprint density at radius 1 is 1.64 bits per heavy atom.